The molecule has 0 radical (unpaired) electrons. The largest absolute Gasteiger partial charge is 0.496 e. The molecule has 0 aliphatic rings. The number of carbonyl (C=O) groups excluding carboxylic acids is 1. The molecule has 0 aromatic heterocycles. The lowest BCUT2D eigenvalue weighted by molar-refractivity contribution is 0.0795. The zero-order chi connectivity index (χ0) is 16.0. The van der Waals surface area contributed by atoms with Crippen molar-refractivity contribution in [2.45, 2.75) is 6.42 Å². The molecule has 0 unspecified atom stereocenters. The van der Waals surface area contributed by atoms with Crippen LogP contribution in [0.25, 0.3) is 0 Å². The molecule has 0 aliphatic heterocycles. The summed E-state index contributed by atoms with van der Waals surface area (Å²) in [6.45, 7) is 0.436. The Bertz CT molecular complexity index is 534. The Balaban J connectivity index is 3.09. The average Bonchev–Trinajstić information content (AvgIpc) is 2.50. The Morgan fingerprint density at radius 1 is 1.14 bits per heavy atom. The van der Waals surface area contributed by atoms with E-state index in [4.69, 9.17) is 32.2 Å². The maximum atomic E-state index is 12.5. The summed E-state index contributed by atoms with van der Waals surface area (Å²) < 4.78 is 15.7. The van der Waals surface area contributed by atoms with Crippen molar-refractivity contribution in [2.75, 3.05) is 34.9 Å². The van der Waals surface area contributed by atoms with Gasteiger partial charge in [0.1, 0.15) is 5.75 Å². The highest BCUT2D eigenvalue weighted by atomic mass is 32.1. The van der Waals surface area contributed by atoms with Gasteiger partial charge in [-0.15, -0.1) is 0 Å². The van der Waals surface area contributed by atoms with Crippen molar-refractivity contribution in [1.29, 1.82) is 0 Å². The van der Waals surface area contributed by atoms with Gasteiger partial charge >= 0.3 is 0 Å². The third-order valence-electron chi connectivity index (χ3n) is 2.98. The van der Waals surface area contributed by atoms with Crippen molar-refractivity contribution in [2.24, 2.45) is 5.73 Å². The number of amides is 1. The van der Waals surface area contributed by atoms with Crippen LogP contribution in [0.15, 0.2) is 12.1 Å². The summed E-state index contributed by atoms with van der Waals surface area (Å²) in [5.41, 5.74) is 5.84. The number of methoxy groups -OCH3 is 3. The number of nitrogens with zero attached hydrogens (tertiary/aromatic N) is 1. The Kier molecular flexibility index (Phi) is 6.23. The topological polar surface area (TPSA) is 74.0 Å². The summed E-state index contributed by atoms with van der Waals surface area (Å²) in [6, 6.07) is 3.21. The van der Waals surface area contributed by atoms with Gasteiger partial charge in [0, 0.05) is 32.1 Å². The third-order valence-corrected chi connectivity index (χ3v) is 3.18. The van der Waals surface area contributed by atoms with Crippen LogP contribution in [-0.2, 0) is 0 Å². The zero-order valence-electron chi connectivity index (χ0n) is 12.6. The van der Waals surface area contributed by atoms with E-state index < -0.39 is 0 Å². The Morgan fingerprint density at radius 2 is 1.67 bits per heavy atom. The molecule has 6 nitrogen and oxygen atoms in total. The molecule has 0 saturated heterocycles. The predicted octanol–water partition coefficient (Wildman–Crippen LogP) is 1.46. The predicted molar refractivity (Wildman–Crippen MR) is 84.5 cm³/mol. The second-order valence-corrected chi connectivity index (χ2v) is 4.87. The van der Waals surface area contributed by atoms with Gasteiger partial charge in [-0.05, 0) is 0 Å². The molecule has 1 rings (SSSR count). The van der Waals surface area contributed by atoms with E-state index in [2.05, 4.69) is 0 Å². The first-order valence-corrected chi connectivity index (χ1v) is 6.69. The molecule has 0 aliphatic carbocycles. The molecule has 0 bridgehead atoms. The monoisotopic (exact) mass is 312 g/mol. The lowest BCUT2D eigenvalue weighted by Gasteiger charge is -2.19. The van der Waals surface area contributed by atoms with Crippen molar-refractivity contribution in [1.82, 2.24) is 4.90 Å². The average molecular weight is 312 g/mol. The number of carbonyl (C=O) groups is 1. The van der Waals surface area contributed by atoms with Gasteiger partial charge in [-0.25, -0.2) is 0 Å². The number of hydrogen-bond acceptors (Lipinski definition) is 5. The van der Waals surface area contributed by atoms with Crippen LogP contribution in [0.3, 0.4) is 0 Å². The van der Waals surface area contributed by atoms with Crippen LogP contribution in [0.5, 0.6) is 17.2 Å². The van der Waals surface area contributed by atoms with E-state index in [9.17, 15) is 4.79 Å². The van der Waals surface area contributed by atoms with Gasteiger partial charge in [-0.1, -0.05) is 12.2 Å². The van der Waals surface area contributed by atoms with E-state index in [-0.39, 0.29) is 5.91 Å². The third kappa shape index (κ3) is 4.22. The summed E-state index contributed by atoms with van der Waals surface area (Å²) in [6.07, 6.45) is 0.465. The van der Waals surface area contributed by atoms with E-state index in [1.807, 2.05) is 0 Å². The number of hydrogen-bond donors (Lipinski definition) is 1. The maximum absolute atomic E-state index is 12.5. The molecule has 1 aromatic rings. The van der Waals surface area contributed by atoms with Crippen molar-refractivity contribution < 1.29 is 19.0 Å². The lowest BCUT2D eigenvalue weighted by atomic mass is 10.1. The molecule has 0 saturated carbocycles. The van der Waals surface area contributed by atoms with Crippen molar-refractivity contribution in [3.63, 3.8) is 0 Å². The number of thiocarbonyl (C=S) groups is 1. The van der Waals surface area contributed by atoms with Crippen LogP contribution in [-0.4, -0.2) is 50.7 Å². The number of nitrogens with two attached hydrogens (primary N) is 1. The highest BCUT2D eigenvalue weighted by Gasteiger charge is 2.20. The number of ether oxygens (including phenoxy) is 3. The minimum Gasteiger partial charge on any atom is -0.496 e. The molecular weight excluding hydrogens is 292 g/mol. The van der Waals surface area contributed by atoms with Crippen LogP contribution in [0, 0.1) is 0 Å². The van der Waals surface area contributed by atoms with Crippen LogP contribution >= 0.6 is 12.2 Å². The van der Waals surface area contributed by atoms with E-state index in [1.54, 1.807) is 19.2 Å². The van der Waals surface area contributed by atoms with Gasteiger partial charge in [-0.2, -0.15) is 0 Å². The summed E-state index contributed by atoms with van der Waals surface area (Å²) >= 11 is 4.82. The van der Waals surface area contributed by atoms with E-state index in [1.165, 1.54) is 26.2 Å². The van der Waals surface area contributed by atoms with Crippen LogP contribution in [0.4, 0.5) is 0 Å². The van der Waals surface area contributed by atoms with Crippen molar-refractivity contribution >= 4 is 23.1 Å². The van der Waals surface area contributed by atoms with Gasteiger partial charge in [0.15, 0.2) is 11.5 Å². The summed E-state index contributed by atoms with van der Waals surface area (Å²) in [4.78, 5) is 14.4. The van der Waals surface area contributed by atoms with E-state index in [0.29, 0.717) is 40.8 Å². The SMILES string of the molecule is COc1cc(OC)c(C(=O)N(C)CCC(N)=S)cc1OC. The van der Waals surface area contributed by atoms with Gasteiger partial charge in [0.2, 0.25) is 0 Å². The van der Waals surface area contributed by atoms with Crippen molar-refractivity contribution in [3.8, 4) is 17.2 Å². The smallest absolute Gasteiger partial charge is 0.257 e. The molecule has 1 aromatic carbocycles. The summed E-state index contributed by atoms with van der Waals surface area (Å²) in [5, 5.41) is 0. The van der Waals surface area contributed by atoms with E-state index in [0.717, 1.165) is 0 Å². The fourth-order valence-electron chi connectivity index (χ4n) is 1.78. The normalized spacial score (nSPS) is 9.90. The fourth-order valence-corrected chi connectivity index (χ4v) is 1.87. The standard InChI is InChI=1S/C14H20N2O4S/c1-16(6-5-13(15)21)14(17)9-7-11(19-3)12(20-4)8-10(9)18-2/h7-8H,5-6H2,1-4H3,(H2,15,21). The Labute approximate surface area is 129 Å². The molecule has 0 heterocycles. The Morgan fingerprint density at radius 3 is 2.14 bits per heavy atom. The molecule has 7 heteroatoms. The van der Waals surface area contributed by atoms with Crippen molar-refractivity contribution in [3.05, 3.63) is 17.7 Å². The molecule has 116 valence electrons. The zero-order valence-corrected chi connectivity index (χ0v) is 13.5. The Hall–Kier alpha value is -2.02. The number of benzene rings is 1. The van der Waals surface area contributed by atoms with Crippen LogP contribution < -0.4 is 19.9 Å². The first-order valence-electron chi connectivity index (χ1n) is 6.28. The molecule has 1 amide bonds. The molecule has 0 spiro atoms. The molecule has 21 heavy (non-hydrogen) atoms. The second-order valence-electron chi connectivity index (χ2n) is 4.35. The van der Waals surface area contributed by atoms with Crippen LogP contribution in [0.2, 0.25) is 0 Å². The number of rotatable bonds is 7. The maximum Gasteiger partial charge on any atom is 0.257 e. The van der Waals surface area contributed by atoms with Crippen LogP contribution in [0.1, 0.15) is 16.8 Å². The quantitative estimate of drug-likeness (QED) is 0.768. The molecule has 0 fully saturated rings. The molecular formula is C14H20N2O4S. The second kappa shape index (κ2) is 7.68. The first-order chi connectivity index (χ1) is 9.94. The van der Waals surface area contributed by atoms with Gasteiger partial charge in [0.25, 0.3) is 5.91 Å². The minimum atomic E-state index is -0.205. The van der Waals surface area contributed by atoms with E-state index >= 15 is 0 Å². The summed E-state index contributed by atoms with van der Waals surface area (Å²) in [7, 11) is 6.20. The van der Waals surface area contributed by atoms with Gasteiger partial charge in [0.05, 0.1) is 31.9 Å². The summed E-state index contributed by atoms with van der Waals surface area (Å²) in [5.74, 6) is 1.17. The minimum absolute atomic E-state index is 0.205. The highest BCUT2D eigenvalue weighted by Crippen LogP contribution is 2.35. The first kappa shape index (κ1) is 17.0. The fraction of sp³-hybridized carbons (Fsp3) is 0.429. The molecule has 0 atom stereocenters. The molecule has 2 N–H and O–H groups in total. The van der Waals surface area contributed by atoms with Gasteiger partial charge < -0.3 is 24.8 Å². The van der Waals surface area contributed by atoms with Gasteiger partial charge in [-0.3, -0.25) is 4.79 Å². The highest BCUT2D eigenvalue weighted by molar-refractivity contribution is 7.80. The lowest BCUT2D eigenvalue weighted by Crippen LogP contribution is -2.30.